The Bertz CT molecular complexity index is 1220. The van der Waals surface area contributed by atoms with Crippen molar-refractivity contribution < 1.29 is 26.7 Å². The zero-order chi connectivity index (χ0) is 23.1. The molecule has 3 aromatic rings. The van der Waals surface area contributed by atoms with Crippen molar-refractivity contribution >= 4 is 33.2 Å². The van der Waals surface area contributed by atoms with Crippen LogP contribution in [-0.2, 0) is 16.2 Å². The quantitative estimate of drug-likeness (QED) is 0.558. The summed E-state index contributed by atoms with van der Waals surface area (Å²) in [7, 11) is -4.51. The Labute approximate surface area is 185 Å². The fourth-order valence-corrected chi connectivity index (χ4v) is 4.58. The van der Waals surface area contributed by atoms with Gasteiger partial charge in [-0.05, 0) is 31.2 Å². The maximum Gasteiger partial charge on any atom is 0.416 e. The summed E-state index contributed by atoms with van der Waals surface area (Å²) in [5.74, 6) is 0. The highest BCUT2D eigenvalue weighted by molar-refractivity contribution is 7.89. The molecular formula is C18H15Cl2F3N4O3S. The number of alkyl halides is 3. The summed E-state index contributed by atoms with van der Waals surface area (Å²) in [6, 6.07) is 3.74. The van der Waals surface area contributed by atoms with Gasteiger partial charge >= 0.3 is 6.18 Å². The minimum absolute atomic E-state index is 0.0676. The monoisotopic (exact) mass is 494 g/mol. The summed E-state index contributed by atoms with van der Waals surface area (Å²) < 4.78 is 67.8. The molecule has 3 N–H and O–H groups in total. The van der Waals surface area contributed by atoms with Crippen LogP contribution in [0.3, 0.4) is 0 Å². The lowest BCUT2D eigenvalue weighted by Gasteiger charge is -2.28. The van der Waals surface area contributed by atoms with Gasteiger partial charge in [0.05, 0.1) is 16.6 Å². The highest BCUT2D eigenvalue weighted by atomic mass is 35.5. The van der Waals surface area contributed by atoms with Crippen molar-refractivity contribution in [3.63, 3.8) is 0 Å². The molecule has 0 radical (unpaired) electrons. The molecule has 31 heavy (non-hydrogen) atoms. The van der Waals surface area contributed by atoms with Gasteiger partial charge in [0, 0.05) is 26.7 Å². The van der Waals surface area contributed by atoms with Crippen molar-refractivity contribution in [2.75, 3.05) is 0 Å². The molecular weight excluding hydrogens is 480 g/mol. The molecule has 13 heteroatoms. The van der Waals surface area contributed by atoms with Crippen LogP contribution in [0.5, 0.6) is 0 Å². The summed E-state index contributed by atoms with van der Waals surface area (Å²) in [5.41, 5.74) is -2.26. The molecule has 2 unspecified atom stereocenters. The molecule has 0 saturated carbocycles. The van der Waals surface area contributed by atoms with Crippen LogP contribution in [0.25, 0.3) is 11.1 Å². The third kappa shape index (κ3) is 4.70. The number of nitrogens with zero attached hydrogens (tertiary/aromatic N) is 3. The maximum absolute atomic E-state index is 14.0. The van der Waals surface area contributed by atoms with Crippen LogP contribution in [0.2, 0.25) is 10.0 Å². The Balaban J connectivity index is 2.57. The zero-order valence-corrected chi connectivity index (χ0v) is 18.0. The molecule has 0 aliphatic rings. The number of halogens is 5. The summed E-state index contributed by atoms with van der Waals surface area (Å²) in [4.78, 5) is 3.11. The van der Waals surface area contributed by atoms with E-state index in [1.165, 1.54) is 25.1 Å². The van der Waals surface area contributed by atoms with Gasteiger partial charge in [-0.25, -0.2) is 23.2 Å². The van der Waals surface area contributed by atoms with E-state index in [2.05, 4.69) is 10.1 Å². The second-order valence-electron chi connectivity index (χ2n) is 6.63. The number of aromatic nitrogens is 3. The van der Waals surface area contributed by atoms with Crippen molar-refractivity contribution in [2.24, 2.45) is 5.14 Å². The summed E-state index contributed by atoms with van der Waals surface area (Å²) in [6.45, 7) is 1.24. The molecule has 2 atom stereocenters. The predicted molar refractivity (Wildman–Crippen MR) is 108 cm³/mol. The molecule has 0 saturated heterocycles. The third-order valence-electron chi connectivity index (χ3n) is 4.49. The lowest BCUT2D eigenvalue weighted by atomic mass is 9.88. The van der Waals surface area contributed by atoms with Gasteiger partial charge in [-0.2, -0.15) is 18.3 Å². The van der Waals surface area contributed by atoms with Crippen molar-refractivity contribution in [1.29, 1.82) is 0 Å². The first-order chi connectivity index (χ1) is 14.3. The Morgan fingerprint density at radius 2 is 1.87 bits per heavy atom. The first kappa shape index (κ1) is 23.5. The number of aliphatic hydroxyl groups excluding tert-OH is 1. The van der Waals surface area contributed by atoms with E-state index >= 15 is 0 Å². The average molecular weight is 495 g/mol. The molecule has 0 spiro atoms. The molecule has 166 valence electrons. The molecule has 7 nitrogen and oxygen atoms in total. The molecule has 0 bridgehead atoms. The second-order valence-corrected chi connectivity index (χ2v) is 9.00. The molecule has 0 aliphatic carbocycles. The van der Waals surface area contributed by atoms with Gasteiger partial charge in [0.15, 0.2) is 0 Å². The van der Waals surface area contributed by atoms with E-state index in [-0.39, 0.29) is 15.6 Å². The van der Waals surface area contributed by atoms with Gasteiger partial charge in [0.2, 0.25) is 10.0 Å². The Hall–Kier alpha value is -2.18. The van der Waals surface area contributed by atoms with E-state index in [1.54, 1.807) is 0 Å². The number of hydrogen-bond acceptors (Lipinski definition) is 5. The van der Waals surface area contributed by atoms with Crippen LogP contribution in [0, 0.1) is 0 Å². The Morgan fingerprint density at radius 3 is 2.35 bits per heavy atom. The zero-order valence-electron chi connectivity index (χ0n) is 15.7. The van der Waals surface area contributed by atoms with E-state index < -0.39 is 49.9 Å². The Morgan fingerprint density at radius 1 is 1.19 bits per heavy atom. The van der Waals surface area contributed by atoms with E-state index in [1.807, 2.05) is 0 Å². The summed E-state index contributed by atoms with van der Waals surface area (Å²) in [5, 5.41) is 19.7. The van der Waals surface area contributed by atoms with Gasteiger partial charge < -0.3 is 5.11 Å². The maximum atomic E-state index is 14.0. The van der Waals surface area contributed by atoms with Crippen LogP contribution in [-0.4, -0.2) is 34.4 Å². The van der Waals surface area contributed by atoms with E-state index in [4.69, 9.17) is 28.3 Å². The molecule has 1 heterocycles. The summed E-state index contributed by atoms with van der Waals surface area (Å²) in [6.07, 6.45) is -4.17. The highest BCUT2D eigenvalue weighted by Crippen LogP contribution is 2.46. The molecule has 2 aromatic carbocycles. The van der Waals surface area contributed by atoms with Gasteiger partial charge in [0.1, 0.15) is 18.7 Å². The van der Waals surface area contributed by atoms with Gasteiger partial charge in [0.25, 0.3) is 0 Å². The van der Waals surface area contributed by atoms with Crippen LogP contribution in [0.4, 0.5) is 13.2 Å². The van der Waals surface area contributed by atoms with E-state index in [0.717, 1.165) is 23.4 Å². The Kier molecular flexibility index (Phi) is 6.36. The third-order valence-corrected chi connectivity index (χ3v) is 6.00. The topological polar surface area (TPSA) is 111 Å². The molecule has 0 amide bonds. The van der Waals surface area contributed by atoms with Crippen molar-refractivity contribution in [3.8, 4) is 11.1 Å². The van der Waals surface area contributed by atoms with Crippen molar-refractivity contribution in [1.82, 2.24) is 14.8 Å². The lowest BCUT2D eigenvalue weighted by Crippen LogP contribution is -2.28. The van der Waals surface area contributed by atoms with Gasteiger partial charge in [-0.15, -0.1) is 0 Å². The largest absolute Gasteiger partial charge is 0.416 e. The highest BCUT2D eigenvalue weighted by Gasteiger charge is 2.41. The minimum atomic E-state index is -4.91. The fraction of sp³-hybridized carbons (Fsp3) is 0.222. The van der Waals surface area contributed by atoms with Crippen molar-refractivity contribution in [3.05, 3.63) is 64.2 Å². The van der Waals surface area contributed by atoms with E-state index in [0.29, 0.717) is 6.07 Å². The molecule has 0 fully saturated rings. The van der Waals surface area contributed by atoms with Crippen LogP contribution in [0.1, 0.15) is 24.1 Å². The standard InChI is InChI=1S/C18H15Cl2F3N4O3S/c1-9(28)17(27-8-25-7-26-27)16-12(18(21,22)23)4-5-14(31(24,29)30)15(16)11-3-2-10(19)6-13(11)20/h2-9,17,28H,1H3,(H2,24,29,30). The molecule has 1 aromatic heterocycles. The summed E-state index contributed by atoms with van der Waals surface area (Å²) >= 11 is 12.1. The minimum Gasteiger partial charge on any atom is -0.391 e. The van der Waals surface area contributed by atoms with Crippen LogP contribution < -0.4 is 5.14 Å². The van der Waals surface area contributed by atoms with Gasteiger partial charge in [-0.3, -0.25) is 0 Å². The first-order valence-electron chi connectivity index (χ1n) is 8.57. The lowest BCUT2D eigenvalue weighted by molar-refractivity contribution is -0.138. The molecule has 0 aliphatic heterocycles. The number of rotatable bonds is 5. The number of sulfonamides is 1. The van der Waals surface area contributed by atoms with Crippen LogP contribution >= 0.6 is 23.2 Å². The predicted octanol–water partition coefficient (Wildman–Crippen LogP) is 3.89. The van der Waals surface area contributed by atoms with Crippen molar-refractivity contribution in [2.45, 2.75) is 30.1 Å². The number of hydrogen-bond donors (Lipinski definition) is 2. The SMILES string of the molecule is CC(O)C(c1c(C(F)(F)F)ccc(S(N)(=O)=O)c1-c1ccc(Cl)cc1Cl)n1cncn1. The number of primary sulfonamides is 1. The first-order valence-corrected chi connectivity index (χ1v) is 10.9. The van der Waals surface area contributed by atoms with E-state index in [9.17, 15) is 26.7 Å². The number of aliphatic hydroxyl groups is 1. The van der Waals surface area contributed by atoms with Crippen LogP contribution in [0.15, 0.2) is 47.9 Å². The number of nitrogens with two attached hydrogens (primary N) is 1. The smallest absolute Gasteiger partial charge is 0.391 e. The normalized spacial score (nSPS) is 14.5. The van der Waals surface area contributed by atoms with Gasteiger partial charge in [-0.1, -0.05) is 29.3 Å². The molecule has 3 rings (SSSR count). The second kappa shape index (κ2) is 8.40. The average Bonchev–Trinajstić information content (AvgIpc) is 3.14. The fourth-order valence-electron chi connectivity index (χ4n) is 3.32. The number of benzene rings is 2.